The molecule has 0 aromatic heterocycles. The van der Waals surface area contributed by atoms with Crippen LogP contribution in [0.4, 0.5) is 0 Å². The highest BCUT2D eigenvalue weighted by Gasteiger charge is 2.54. The monoisotopic (exact) mass is 471 g/mol. The van der Waals surface area contributed by atoms with Crippen LogP contribution in [0.2, 0.25) is 0 Å². The summed E-state index contributed by atoms with van der Waals surface area (Å²) in [5.74, 6) is 3.15. The van der Waals surface area contributed by atoms with Crippen molar-refractivity contribution >= 4 is 29.9 Å². The molecule has 26 heavy (non-hydrogen) atoms. The molecular weight excluding hydrogens is 441 g/mol. The first-order valence-electron chi connectivity index (χ1n) is 9.47. The zero-order valence-corrected chi connectivity index (χ0v) is 17.7. The van der Waals surface area contributed by atoms with Gasteiger partial charge in [0, 0.05) is 38.8 Å². The summed E-state index contributed by atoms with van der Waals surface area (Å²) < 4.78 is 5.56. The first-order valence-corrected chi connectivity index (χ1v) is 9.47. The Hall–Kier alpha value is -0.860. The minimum absolute atomic E-state index is 0. The lowest BCUT2D eigenvalue weighted by Crippen LogP contribution is -2.45. The van der Waals surface area contributed by atoms with Gasteiger partial charge in [0.15, 0.2) is 5.96 Å². The van der Waals surface area contributed by atoms with E-state index in [1.807, 2.05) is 7.05 Å². The van der Waals surface area contributed by atoms with E-state index in [1.54, 1.807) is 11.1 Å². The van der Waals surface area contributed by atoms with Crippen molar-refractivity contribution in [3.8, 4) is 0 Å². The molecule has 3 N–H and O–H groups in total. The fourth-order valence-corrected chi connectivity index (χ4v) is 4.78. The molecule has 0 bridgehead atoms. The maximum Gasteiger partial charge on any atom is 0.191 e. The number of aliphatic hydroxyl groups excluding tert-OH is 1. The summed E-state index contributed by atoms with van der Waals surface area (Å²) in [5.41, 5.74) is 3.15. The summed E-state index contributed by atoms with van der Waals surface area (Å²) >= 11 is 0. The van der Waals surface area contributed by atoms with Gasteiger partial charge in [0.2, 0.25) is 0 Å². The zero-order valence-electron chi connectivity index (χ0n) is 15.4. The molecule has 1 heterocycles. The van der Waals surface area contributed by atoms with Crippen molar-refractivity contribution in [1.29, 1.82) is 0 Å². The van der Waals surface area contributed by atoms with Crippen molar-refractivity contribution in [1.82, 2.24) is 10.6 Å². The Morgan fingerprint density at radius 1 is 1.35 bits per heavy atom. The van der Waals surface area contributed by atoms with Crippen LogP contribution < -0.4 is 10.6 Å². The van der Waals surface area contributed by atoms with E-state index in [0.717, 1.165) is 62.9 Å². The minimum atomic E-state index is 0. The van der Waals surface area contributed by atoms with E-state index < -0.39 is 0 Å². The average molecular weight is 471 g/mol. The molecule has 4 rings (SSSR count). The predicted octanol–water partition coefficient (Wildman–Crippen LogP) is 2.14. The minimum Gasteiger partial charge on any atom is -0.396 e. The highest BCUT2D eigenvalue weighted by molar-refractivity contribution is 14.0. The number of aliphatic imine (C=N–C) groups is 1. The lowest BCUT2D eigenvalue weighted by Gasteiger charge is -2.27. The number of benzene rings is 1. The molecule has 0 radical (unpaired) electrons. The van der Waals surface area contributed by atoms with E-state index in [-0.39, 0.29) is 36.0 Å². The van der Waals surface area contributed by atoms with Gasteiger partial charge in [-0.2, -0.15) is 0 Å². The third-order valence-electron chi connectivity index (χ3n) is 6.39. The third-order valence-corrected chi connectivity index (χ3v) is 6.39. The van der Waals surface area contributed by atoms with Gasteiger partial charge in [-0.25, -0.2) is 0 Å². The fraction of sp³-hybridized carbons (Fsp3) is 0.650. The summed E-state index contributed by atoms with van der Waals surface area (Å²) in [4.78, 5) is 4.37. The van der Waals surface area contributed by atoms with Gasteiger partial charge in [-0.1, -0.05) is 24.3 Å². The van der Waals surface area contributed by atoms with Crippen LogP contribution in [-0.2, 0) is 11.2 Å². The molecule has 5 nitrogen and oxygen atoms in total. The quantitative estimate of drug-likeness (QED) is 0.338. The van der Waals surface area contributed by atoms with Gasteiger partial charge in [-0.3, -0.25) is 4.99 Å². The molecule has 1 saturated heterocycles. The highest BCUT2D eigenvalue weighted by Crippen LogP contribution is 2.60. The van der Waals surface area contributed by atoms with Crippen molar-refractivity contribution in [3.05, 3.63) is 35.4 Å². The van der Waals surface area contributed by atoms with Gasteiger partial charge in [-0.05, 0) is 48.1 Å². The lowest BCUT2D eigenvalue weighted by atomic mass is 9.84. The van der Waals surface area contributed by atoms with E-state index in [2.05, 4.69) is 39.9 Å². The molecule has 0 amide bonds. The fourth-order valence-electron chi connectivity index (χ4n) is 4.78. The van der Waals surface area contributed by atoms with Crippen molar-refractivity contribution in [2.45, 2.75) is 25.2 Å². The lowest BCUT2D eigenvalue weighted by molar-refractivity contribution is 0.127. The highest BCUT2D eigenvalue weighted by atomic mass is 127. The number of halogens is 1. The Bertz CT molecular complexity index is 646. The number of aliphatic hydroxyl groups is 1. The van der Waals surface area contributed by atoms with E-state index in [1.165, 1.54) is 6.42 Å². The molecule has 2 fully saturated rings. The van der Waals surface area contributed by atoms with E-state index in [4.69, 9.17) is 4.74 Å². The zero-order chi connectivity index (χ0) is 17.3. The summed E-state index contributed by atoms with van der Waals surface area (Å²) in [6.45, 7) is 3.50. The number of ether oxygens (including phenoxy) is 1. The Labute approximate surface area is 173 Å². The second kappa shape index (κ2) is 8.44. The Balaban J connectivity index is 0.00000196. The van der Waals surface area contributed by atoms with Gasteiger partial charge in [0.05, 0.1) is 6.61 Å². The van der Waals surface area contributed by atoms with Crippen molar-refractivity contribution in [2.24, 2.45) is 22.2 Å². The molecule has 1 aromatic carbocycles. The van der Waals surface area contributed by atoms with Gasteiger partial charge in [0.25, 0.3) is 0 Å². The second-order valence-corrected chi connectivity index (χ2v) is 7.84. The van der Waals surface area contributed by atoms with Crippen LogP contribution in [0.3, 0.4) is 0 Å². The smallest absolute Gasteiger partial charge is 0.191 e. The van der Waals surface area contributed by atoms with Crippen LogP contribution in [0, 0.1) is 17.3 Å². The first-order chi connectivity index (χ1) is 12.3. The largest absolute Gasteiger partial charge is 0.396 e. The molecule has 1 saturated carbocycles. The second-order valence-electron chi connectivity index (χ2n) is 7.84. The number of hydrogen-bond acceptors (Lipinski definition) is 3. The Kier molecular flexibility index (Phi) is 6.45. The van der Waals surface area contributed by atoms with Crippen LogP contribution >= 0.6 is 24.0 Å². The van der Waals surface area contributed by atoms with Gasteiger partial charge in [-0.15, -0.1) is 24.0 Å². The normalized spacial score (nSPS) is 31.8. The first kappa shape index (κ1) is 19.9. The summed E-state index contributed by atoms with van der Waals surface area (Å²) in [7, 11) is 1.82. The van der Waals surface area contributed by atoms with Gasteiger partial charge in [0.1, 0.15) is 0 Å². The molecule has 1 aromatic rings. The SMILES string of the molecule is CN=C(NCC1C2Cc3ccccc3C12)NCC1(CCO)CCOC1.I. The van der Waals surface area contributed by atoms with Crippen LogP contribution in [0.25, 0.3) is 0 Å². The Morgan fingerprint density at radius 2 is 2.19 bits per heavy atom. The summed E-state index contributed by atoms with van der Waals surface area (Å²) in [5, 5.41) is 16.3. The Morgan fingerprint density at radius 3 is 2.92 bits per heavy atom. The average Bonchev–Trinajstić information content (AvgIpc) is 2.98. The molecule has 2 aliphatic carbocycles. The topological polar surface area (TPSA) is 65.9 Å². The number of nitrogens with one attached hydrogen (secondary N) is 2. The molecule has 144 valence electrons. The van der Waals surface area contributed by atoms with Gasteiger partial charge >= 0.3 is 0 Å². The third kappa shape index (κ3) is 3.87. The summed E-state index contributed by atoms with van der Waals surface area (Å²) in [6, 6.07) is 8.88. The molecule has 6 heteroatoms. The van der Waals surface area contributed by atoms with E-state index in [0.29, 0.717) is 0 Å². The van der Waals surface area contributed by atoms with Crippen molar-refractivity contribution in [2.75, 3.05) is 40.0 Å². The molecule has 4 unspecified atom stereocenters. The van der Waals surface area contributed by atoms with Crippen LogP contribution in [-0.4, -0.2) is 51.0 Å². The number of nitrogens with zero attached hydrogens (tertiary/aromatic N) is 1. The molecule has 4 atom stereocenters. The maximum atomic E-state index is 9.34. The maximum absolute atomic E-state index is 9.34. The molecule has 0 spiro atoms. The van der Waals surface area contributed by atoms with Crippen molar-refractivity contribution in [3.63, 3.8) is 0 Å². The van der Waals surface area contributed by atoms with Crippen LogP contribution in [0.5, 0.6) is 0 Å². The van der Waals surface area contributed by atoms with E-state index in [9.17, 15) is 5.11 Å². The predicted molar refractivity (Wildman–Crippen MR) is 114 cm³/mol. The molecule has 3 aliphatic rings. The van der Waals surface area contributed by atoms with E-state index >= 15 is 0 Å². The number of hydrogen-bond donors (Lipinski definition) is 3. The van der Waals surface area contributed by atoms with Crippen LogP contribution in [0.1, 0.15) is 29.9 Å². The number of guanidine groups is 1. The summed E-state index contributed by atoms with van der Waals surface area (Å²) in [6.07, 6.45) is 3.01. The standard InChI is InChI=1S/C20H29N3O2.HI/c1-21-19(23-12-20(6-8-24)7-9-25-13-20)22-11-17-16-10-14-4-2-3-5-15(14)18(16)17;/h2-5,16-18,24H,6-13H2,1H3,(H2,21,22,23);1H. The van der Waals surface area contributed by atoms with Crippen molar-refractivity contribution < 1.29 is 9.84 Å². The van der Waals surface area contributed by atoms with Gasteiger partial charge < -0.3 is 20.5 Å². The number of rotatable bonds is 6. The molecular formula is C20H30IN3O2. The molecule has 1 aliphatic heterocycles. The number of fused-ring (bicyclic) bond motifs is 3. The van der Waals surface area contributed by atoms with Crippen LogP contribution in [0.15, 0.2) is 29.3 Å².